The molecule has 0 atom stereocenters. The van der Waals surface area contributed by atoms with Crippen LogP contribution >= 0.6 is 35.7 Å². The van der Waals surface area contributed by atoms with E-state index in [0.717, 1.165) is 37.0 Å². The molecule has 1 aliphatic heterocycles. The molecule has 0 saturated heterocycles. The van der Waals surface area contributed by atoms with E-state index in [9.17, 15) is 0 Å². The van der Waals surface area contributed by atoms with Crippen molar-refractivity contribution in [3.63, 3.8) is 0 Å². The van der Waals surface area contributed by atoms with Crippen molar-refractivity contribution < 1.29 is 9.47 Å². The van der Waals surface area contributed by atoms with Gasteiger partial charge >= 0.3 is 0 Å². The Morgan fingerprint density at radius 3 is 2.74 bits per heavy atom. The first-order chi connectivity index (χ1) is 10.8. The highest BCUT2D eigenvalue weighted by Gasteiger charge is 2.12. The third-order valence-corrected chi connectivity index (χ3v) is 4.13. The zero-order valence-electron chi connectivity index (χ0n) is 13.8. The normalized spacial score (nSPS) is 12.7. The first-order valence-electron chi connectivity index (χ1n) is 7.65. The highest BCUT2D eigenvalue weighted by Crippen LogP contribution is 2.32. The number of nitrogens with one attached hydrogen (secondary N) is 2. The fourth-order valence-corrected chi connectivity index (χ4v) is 2.71. The number of guanidine groups is 1. The quantitative estimate of drug-likeness (QED) is 0.276. The van der Waals surface area contributed by atoms with Gasteiger partial charge in [-0.25, -0.2) is 0 Å². The van der Waals surface area contributed by atoms with E-state index in [1.165, 1.54) is 24.2 Å². The molecule has 0 radical (unpaired) electrons. The molecule has 7 heteroatoms. The van der Waals surface area contributed by atoms with E-state index >= 15 is 0 Å². The van der Waals surface area contributed by atoms with Gasteiger partial charge in [0.1, 0.15) is 0 Å². The zero-order valence-corrected chi connectivity index (χ0v) is 16.9. The number of hydrogen-bond donors (Lipinski definition) is 2. The molecule has 0 saturated carbocycles. The molecule has 5 nitrogen and oxygen atoms in total. The zero-order chi connectivity index (χ0) is 15.6. The van der Waals surface area contributed by atoms with Crippen molar-refractivity contribution in [2.75, 3.05) is 38.9 Å². The lowest BCUT2D eigenvalue weighted by atomic mass is 10.1. The minimum Gasteiger partial charge on any atom is -0.454 e. The summed E-state index contributed by atoms with van der Waals surface area (Å²) in [5.41, 5.74) is 1.23. The molecule has 2 N–H and O–H groups in total. The van der Waals surface area contributed by atoms with Gasteiger partial charge in [0, 0.05) is 20.1 Å². The number of unbranched alkanes of at least 4 members (excludes halogenated alkanes) is 1. The second-order valence-corrected chi connectivity index (χ2v) is 6.05. The molecule has 0 spiro atoms. The molecule has 0 aromatic heterocycles. The van der Waals surface area contributed by atoms with Crippen LogP contribution in [0.3, 0.4) is 0 Å². The van der Waals surface area contributed by atoms with E-state index in [2.05, 4.69) is 27.9 Å². The summed E-state index contributed by atoms with van der Waals surface area (Å²) in [6.07, 6.45) is 5.47. The van der Waals surface area contributed by atoms with Crippen molar-refractivity contribution in [3.8, 4) is 11.5 Å². The average molecular weight is 451 g/mol. The number of fused-ring (bicyclic) bond motifs is 1. The average Bonchev–Trinajstić information content (AvgIpc) is 3.00. The predicted octanol–water partition coefficient (Wildman–Crippen LogP) is 2.88. The molecule has 0 aliphatic carbocycles. The van der Waals surface area contributed by atoms with Gasteiger partial charge in [0.25, 0.3) is 0 Å². The minimum absolute atomic E-state index is 0. The van der Waals surface area contributed by atoms with Gasteiger partial charge in [-0.1, -0.05) is 6.07 Å². The molecule has 130 valence electrons. The maximum Gasteiger partial charge on any atom is 0.231 e. The van der Waals surface area contributed by atoms with Gasteiger partial charge in [-0.3, -0.25) is 4.99 Å². The Kier molecular flexibility index (Phi) is 10.3. The number of thioether (sulfide) groups is 1. The number of rotatable bonds is 8. The van der Waals surface area contributed by atoms with Gasteiger partial charge in [-0.15, -0.1) is 24.0 Å². The van der Waals surface area contributed by atoms with Crippen LogP contribution in [-0.4, -0.2) is 44.9 Å². The second kappa shape index (κ2) is 11.7. The van der Waals surface area contributed by atoms with Gasteiger partial charge < -0.3 is 20.1 Å². The third-order valence-electron chi connectivity index (χ3n) is 3.43. The fraction of sp³-hybridized carbons (Fsp3) is 0.562. The summed E-state index contributed by atoms with van der Waals surface area (Å²) in [6.45, 7) is 2.12. The van der Waals surface area contributed by atoms with Crippen molar-refractivity contribution in [2.45, 2.75) is 19.3 Å². The molecule has 0 amide bonds. The van der Waals surface area contributed by atoms with Gasteiger partial charge in [-0.2, -0.15) is 11.8 Å². The lowest BCUT2D eigenvalue weighted by molar-refractivity contribution is 0.174. The van der Waals surface area contributed by atoms with Crippen LogP contribution in [0.4, 0.5) is 0 Å². The minimum atomic E-state index is 0. The molecule has 0 fully saturated rings. The van der Waals surface area contributed by atoms with Crippen molar-refractivity contribution in [1.29, 1.82) is 0 Å². The van der Waals surface area contributed by atoms with Crippen LogP contribution < -0.4 is 20.1 Å². The van der Waals surface area contributed by atoms with E-state index in [4.69, 9.17) is 9.47 Å². The molecule has 1 heterocycles. The standard InChI is InChI=1S/C16H25N3O2S.HI/c1-17-16(18-8-3-4-10-22-2)19-9-7-13-5-6-14-15(11-13)21-12-20-14;/h5-6,11H,3-4,7-10,12H2,1-2H3,(H2,17,18,19);1H. The lowest BCUT2D eigenvalue weighted by Crippen LogP contribution is -2.38. The molecular formula is C16H26IN3O2S. The number of ether oxygens (including phenoxy) is 2. The van der Waals surface area contributed by atoms with E-state index < -0.39 is 0 Å². The second-order valence-electron chi connectivity index (χ2n) is 5.06. The maximum absolute atomic E-state index is 5.39. The topological polar surface area (TPSA) is 54.9 Å². The Hall–Kier alpha value is -0.830. The molecule has 2 rings (SSSR count). The molecular weight excluding hydrogens is 425 g/mol. The first-order valence-corrected chi connectivity index (χ1v) is 9.05. The number of benzene rings is 1. The Morgan fingerprint density at radius 1 is 1.17 bits per heavy atom. The molecule has 1 aromatic rings. The first kappa shape index (κ1) is 20.2. The van der Waals surface area contributed by atoms with Crippen molar-refractivity contribution in [2.24, 2.45) is 4.99 Å². The Bertz CT molecular complexity index is 500. The van der Waals surface area contributed by atoms with Crippen LogP contribution in [0.15, 0.2) is 23.2 Å². The van der Waals surface area contributed by atoms with Crippen LogP contribution in [0, 0.1) is 0 Å². The third kappa shape index (κ3) is 7.07. The predicted molar refractivity (Wildman–Crippen MR) is 109 cm³/mol. The molecule has 23 heavy (non-hydrogen) atoms. The summed E-state index contributed by atoms with van der Waals surface area (Å²) in [6, 6.07) is 6.09. The van der Waals surface area contributed by atoms with Crippen LogP contribution in [0.25, 0.3) is 0 Å². The van der Waals surface area contributed by atoms with E-state index in [0.29, 0.717) is 6.79 Å². The number of hydrogen-bond acceptors (Lipinski definition) is 4. The van der Waals surface area contributed by atoms with Crippen molar-refractivity contribution in [1.82, 2.24) is 10.6 Å². The van der Waals surface area contributed by atoms with Crippen LogP contribution in [-0.2, 0) is 6.42 Å². The van der Waals surface area contributed by atoms with Crippen LogP contribution in [0.5, 0.6) is 11.5 Å². The molecule has 0 bridgehead atoms. The maximum atomic E-state index is 5.39. The molecule has 1 aliphatic rings. The van der Waals surface area contributed by atoms with Crippen LogP contribution in [0.2, 0.25) is 0 Å². The summed E-state index contributed by atoms with van der Waals surface area (Å²) in [5, 5.41) is 6.68. The molecule has 0 unspecified atom stereocenters. The van der Waals surface area contributed by atoms with Crippen LogP contribution in [0.1, 0.15) is 18.4 Å². The van der Waals surface area contributed by atoms with E-state index in [-0.39, 0.29) is 24.0 Å². The van der Waals surface area contributed by atoms with Crippen molar-refractivity contribution >= 4 is 41.7 Å². The van der Waals surface area contributed by atoms with Gasteiger partial charge in [0.15, 0.2) is 17.5 Å². The SMILES string of the molecule is CN=C(NCCCCSC)NCCc1ccc2c(c1)OCO2.I. The summed E-state index contributed by atoms with van der Waals surface area (Å²) in [7, 11) is 1.80. The largest absolute Gasteiger partial charge is 0.454 e. The summed E-state index contributed by atoms with van der Waals surface area (Å²) in [5.74, 6) is 3.76. The lowest BCUT2D eigenvalue weighted by Gasteiger charge is -2.12. The summed E-state index contributed by atoms with van der Waals surface area (Å²) in [4.78, 5) is 4.24. The highest BCUT2D eigenvalue weighted by atomic mass is 127. The highest BCUT2D eigenvalue weighted by molar-refractivity contribution is 14.0. The smallest absolute Gasteiger partial charge is 0.231 e. The summed E-state index contributed by atoms with van der Waals surface area (Å²) >= 11 is 1.89. The Balaban J connectivity index is 0.00000264. The summed E-state index contributed by atoms with van der Waals surface area (Å²) < 4.78 is 10.7. The molecule has 1 aromatic carbocycles. The monoisotopic (exact) mass is 451 g/mol. The number of nitrogens with zero attached hydrogens (tertiary/aromatic N) is 1. The Labute approximate surface area is 160 Å². The van der Waals surface area contributed by atoms with Gasteiger partial charge in [-0.05, 0) is 49.0 Å². The van der Waals surface area contributed by atoms with Gasteiger partial charge in [0.2, 0.25) is 6.79 Å². The van der Waals surface area contributed by atoms with Crippen molar-refractivity contribution in [3.05, 3.63) is 23.8 Å². The van der Waals surface area contributed by atoms with Gasteiger partial charge in [0.05, 0.1) is 0 Å². The Morgan fingerprint density at radius 2 is 1.96 bits per heavy atom. The van der Waals surface area contributed by atoms with E-state index in [1.807, 2.05) is 23.9 Å². The number of halogens is 1. The fourth-order valence-electron chi connectivity index (χ4n) is 2.22. The van der Waals surface area contributed by atoms with E-state index in [1.54, 1.807) is 7.05 Å². The number of aliphatic imine (C=N–C) groups is 1.